The Labute approximate surface area is 290 Å². The summed E-state index contributed by atoms with van der Waals surface area (Å²) in [7, 11) is 0. The summed E-state index contributed by atoms with van der Waals surface area (Å²) >= 11 is 0. The van der Waals surface area contributed by atoms with Gasteiger partial charge < -0.3 is 24.2 Å². The number of ether oxygens (including phenoxy) is 3. The number of allylic oxidation sites excluding steroid dienone is 4. The fourth-order valence-corrected chi connectivity index (χ4v) is 7.04. The van der Waals surface area contributed by atoms with Gasteiger partial charge in [-0.3, -0.25) is 4.98 Å². The van der Waals surface area contributed by atoms with Crippen molar-refractivity contribution in [3.05, 3.63) is 95.8 Å². The molecule has 48 heavy (non-hydrogen) atoms. The van der Waals surface area contributed by atoms with Gasteiger partial charge in [-0.1, -0.05) is 75.4 Å². The van der Waals surface area contributed by atoms with Crippen LogP contribution in [-0.4, -0.2) is 59.8 Å². The van der Waals surface area contributed by atoms with Gasteiger partial charge >= 0.3 is 0 Å². The number of hydrogen-bond acceptors (Lipinski definition) is 6. The summed E-state index contributed by atoms with van der Waals surface area (Å²) in [5.74, 6) is 0.575. The van der Waals surface area contributed by atoms with Crippen LogP contribution in [0.3, 0.4) is 0 Å². The second-order valence-electron chi connectivity index (χ2n) is 14.0. The summed E-state index contributed by atoms with van der Waals surface area (Å²) in [6.07, 6.45) is 15.1. The molecule has 1 aromatic carbocycles. The Kier molecular flexibility index (Phi) is 14.2. The third-order valence-electron chi connectivity index (χ3n) is 9.70. The highest BCUT2D eigenvalue weighted by Gasteiger charge is 2.35. The van der Waals surface area contributed by atoms with Crippen molar-refractivity contribution in [3.8, 4) is 11.3 Å². The minimum atomic E-state index is -0.861. The first-order valence-electron chi connectivity index (χ1n) is 18.2. The molecule has 2 fully saturated rings. The Morgan fingerprint density at radius 3 is 2.60 bits per heavy atom. The van der Waals surface area contributed by atoms with E-state index in [0.717, 1.165) is 80.6 Å². The predicted octanol–water partition coefficient (Wildman–Crippen LogP) is 9.53. The lowest BCUT2D eigenvalue weighted by atomic mass is 9.86. The maximum absolute atomic E-state index is 10.5. The number of benzene rings is 1. The third-order valence-corrected chi connectivity index (χ3v) is 9.70. The van der Waals surface area contributed by atoms with E-state index in [2.05, 4.69) is 95.2 Å². The normalized spacial score (nSPS) is 23.1. The molecule has 4 atom stereocenters. The van der Waals surface area contributed by atoms with Crippen molar-refractivity contribution in [3.63, 3.8) is 0 Å². The summed E-state index contributed by atoms with van der Waals surface area (Å²) < 4.78 is 17.7. The van der Waals surface area contributed by atoms with E-state index >= 15 is 0 Å². The Balaban J connectivity index is 1.52. The molecule has 1 aromatic heterocycles. The van der Waals surface area contributed by atoms with Gasteiger partial charge in [0.15, 0.2) is 6.29 Å². The molecule has 1 aliphatic carbocycles. The van der Waals surface area contributed by atoms with E-state index in [4.69, 9.17) is 19.2 Å². The lowest BCUT2D eigenvalue weighted by molar-refractivity contribution is -0.240. The number of hydrogen-bond donors (Lipinski definition) is 1. The molecule has 4 unspecified atom stereocenters. The number of nitrogens with zero attached hydrogens (tertiary/aromatic N) is 2. The van der Waals surface area contributed by atoms with E-state index in [-0.39, 0.29) is 17.8 Å². The summed E-state index contributed by atoms with van der Waals surface area (Å²) in [4.78, 5) is 7.43. The van der Waals surface area contributed by atoms with Gasteiger partial charge in [0.05, 0.1) is 24.0 Å². The lowest BCUT2D eigenvalue weighted by Gasteiger charge is -2.35. The van der Waals surface area contributed by atoms with Crippen molar-refractivity contribution in [2.24, 2.45) is 5.92 Å². The van der Waals surface area contributed by atoms with Crippen LogP contribution in [-0.2, 0) is 19.8 Å². The van der Waals surface area contributed by atoms with Crippen molar-refractivity contribution >= 4 is 5.70 Å². The van der Waals surface area contributed by atoms with Gasteiger partial charge in [-0.25, -0.2) is 0 Å². The van der Waals surface area contributed by atoms with Crippen LogP contribution in [0.2, 0.25) is 0 Å². The van der Waals surface area contributed by atoms with Crippen molar-refractivity contribution in [1.29, 1.82) is 0 Å². The van der Waals surface area contributed by atoms with Crippen LogP contribution in [0.4, 0.5) is 0 Å². The van der Waals surface area contributed by atoms with Crippen molar-refractivity contribution in [2.75, 3.05) is 26.3 Å². The number of pyridine rings is 1. The molecule has 6 heteroatoms. The molecule has 0 radical (unpaired) electrons. The predicted molar refractivity (Wildman–Crippen MR) is 198 cm³/mol. The molecule has 6 nitrogen and oxygen atoms in total. The van der Waals surface area contributed by atoms with Gasteiger partial charge in [0.1, 0.15) is 6.10 Å². The van der Waals surface area contributed by atoms with Crippen LogP contribution in [0.15, 0.2) is 79.1 Å². The smallest absolute Gasteiger partial charge is 0.158 e. The van der Waals surface area contributed by atoms with E-state index in [9.17, 15) is 5.11 Å². The Hall–Kier alpha value is -3.03. The van der Waals surface area contributed by atoms with E-state index in [1.807, 2.05) is 19.2 Å². The number of aromatic nitrogens is 1. The topological polar surface area (TPSA) is 64.1 Å². The van der Waals surface area contributed by atoms with Crippen molar-refractivity contribution in [2.45, 2.75) is 117 Å². The lowest BCUT2D eigenvalue weighted by Crippen LogP contribution is -2.46. The van der Waals surface area contributed by atoms with Crippen LogP contribution >= 0.6 is 0 Å². The van der Waals surface area contributed by atoms with Crippen LogP contribution in [0.25, 0.3) is 17.0 Å². The van der Waals surface area contributed by atoms with Gasteiger partial charge in [0.2, 0.25) is 0 Å². The second kappa shape index (κ2) is 18.1. The molecule has 4 rings (SSSR count). The van der Waals surface area contributed by atoms with Crippen LogP contribution < -0.4 is 0 Å². The molecule has 1 saturated carbocycles. The van der Waals surface area contributed by atoms with Crippen LogP contribution in [0.1, 0.15) is 103 Å². The highest BCUT2D eigenvalue weighted by atomic mass is 16.7. The largest absolute Gasteiger partial charge is 0.373 e. The second-order valence-corrected chi connectivity index (χ2v) is 14.0. The first-order chi connectivity index (χ1) is 23.1. The number of rotatable bonds is 17. The molecule has 2 aromatic rings. The Morgan fingerprint density at radius 1 is 1.17 bits per heavy atom. The van der Waals surface area contributed by atoms with Crippen molar-refractivity contribution in [1.82, 2.24) is 9.88 Å². The molecular formula is C42H60N2O4. The van der Waals surface area contributed by atoms with Gasteiger partial charge in [-0.2, -0.15) is 0 Å². The monoisotopic (exact) mass is 656 g/mol. The van der Waals surface area contributed by atoms with Crippen LogP contribution in [0, 0.1) is 12.8 Å². The zero-order valence-electron chi connectivity index (χ0n) is 30.5. The molecule has 0 bridgehead atoms. The highest BCUT2D eigenvalue weighted by molar-refractivity contribution is 5.73. The molecule has 262 valence electrons. The molecular weight excluding hydrogens is 596 g/mol. The van der Waals surface area contributed by atoms with Crippen molar-refractivity contribution < 1.29 is 19.3 Å². The molecule has 1 N–H and O–H groups in total. The zero-order chi connectivity index (χ0) is 34.7. The Bertz CT molecular complexity index is 1410. The molecule has 0 amide bonds. The average Bonchev–Trinajstić information content (AvgIpc) is 3.26. The van der Waals surface area contributed by atoms with E-state index < -0.39 is 6.29 Å². The summed E-state index contributed by atoms with van der Waals surface area (Å²) in [6.45, 7) is 24.2. The molecule has 2 aliphatic rings. The first kappa shape index (κ1) is 37.8. The zero-order valence-corrected chi connectivity index (χ0v) is 30.5. The first-order valence-corrected chi connectivity index (χ1v) is 18.2. The van der Waals surface area contributed by atoms with Gasteiger partial charge in [0.25, 0.3) is 0 Å². The summed E-state index contributed by atoms with van der Waals surface area (Å²) in [5, 5.41) is 10.5. The third kappa shape index (κ3) is 10.0. The minimum Gasteiger partial charge on any atom is -0.373 e. The van der Waals surface area contributed by atoms with Crippen LogP contribution in [0.5, 0.6) is 0 Å². The summed E-state index contributed by atoms with van der Waals surface area (Å²) in [6, 6.07) is 11.0. The van der Waals surface area contributed by atoms with E-state index in [0.29, 0.717) is 25.6 Å². The van der Waals surface area contributed by atoms with Gasteiger partial charge in [-0.05, 0) is 95.4 Å². The SMILES string of the molecule is C=C/C=C(\c1cc(-c2ccc(C3(OCC)CCC/C(=C/C(C)C)CC3)cn2)ccc1C)N(CCC)CCC(=C)CC(O)OC1COC1C. The fraction of sp³-hybridized carbons (Fsp3) is 0.548. The fourth-order valence-electron chi connectivity index (χ4n) is 7.04. The summed E-state index contributed by atoms with van der Waals surface area (Å²) in [5.41, 5.74) is 8.95. The van der Waals surface area contributed by atoms with E-state index in [1.165, 1.54) is 16.7 Å². The van der Waals surface area contributed by atoms with E-state index in [1.54, 1.807) is 5.57 Å². The Morgan fingerprint density at radius 2 is 1.98 bits per heavy atom. The maximum atomic E-state index is 10.5. The number of aliphatic hydroxyl groups excluding tert-OH is 1. The highest BCUT2D eigenvalue weighted by Crippen LogP contribution is 2.41. The average molecular weight is 657 g/mol. The minimum absolute atomic E-state index is 0.0282. The number of aliphatic hydroxyl groups is 1. The van der Waals surface area contributed by atoms with Gasteiger partial charge in [-0.15, -0.1) is 0 Å². The number of aryl methyl sites for hydroxylation is 1. The maximum Gasteiger partial charge on any atom is 0.158 e. The molecule has 1 saturated heterocycles. The molecule has 0 spiro atoms. The van der Waals surface area contributed by atoms with Gasteiger partial charge in [0, 0.05) is 54.7 Å². The molecule has 2 heterocycles. The molecule has 1 aliphatic heterocycles. The standard InChI is InChI=1S/C42H60N2O4/c1-9-13-39(44(23-10-2)24-20-31(6)26-41(45)48-40-29-46-33(40)8)37-27-35(16-15-32(37)7)38-18-17-36(28-43-38)42(47-11-3)21-12-14-34(19-22-42)25-30(4)5/h9,13,15-18,25,27-28,30,33,40-41,45H,1,6,10-12,14,19-24,26,29H2,2-5,7-8H3/b34-25-,39-13+. The quantitative estimate of drug-likeness (QED) is 0.0792.